The zero-order valence-corrected chi connectivity index (χ0v) is 14.6. The highest BCUT2D eigenvalue weighted by Gasteiger charge is 2.16. The molecule has 0 saturated heterocycles. The van der Waals surface area contributed by atoms with Crippen LogP contribution in [0.4, 0.5) is 5.69 Å². The summed E-state index contributed by atoms with van der Waals surface area (Å²) in [6.07, 6.45) is 2.97. The van der Waals surface area contributed by atoms with E-state index in [1.807, 2.05) is 23.6 Å². The average Bonchev–Trinajstić information content (AvgIpc) is 2.89. The first-order chi connectivity index (χ1) is 11.4. The minimum Gasteiger partial charge on any atom is -0.479 e. The molecule has 0 aliphatic heterocycles. The van der Waals surface area contributed by atoms with E-state index in [9.17, 15) is 4.79 Å². The number of rotatable bonds is 4. The molecule has 124 valence electrons. The van der Waals surface area contributed by atoms with Crippen LogP contribution < -0.4 is 10.1 Å². The standard InChI is InChI=1S/C17H15Cl2N3O2/c1-10-8-22-9-13(4-6-16(22)20-10)21-17(23)11(2)24-15-5-3-12(18)7-14(15)19/h3-9,11H,1-2H3,(H,21,23). The smallest absolute Gasteiger partial charge is 0.265 e. The minimum atomic E-state index is -0.719. The Hall–Kier alpha value is -2.24. The molecule has 0 bridgehead atoms. The van der Waals surface area contributed by atoms with E-state index in [0.29, 0.717) is 21.5 Å². The molecular formula is C17H15Cl2N3O2. The van der Waals surface area contributed by atoms with Gasteiger partial charge in [0.1, 0.15) is 11.4 Å². The molecule has 1 unspecified atom stereocenters. The quantitative estimate of drug-likeness (QED) is 0.749. The zero-order valence-electron chi connectivity index (χ0n) is 13.1. The maximum atomic E-state index is 12.3. The Balaban J connectivity index is 1.70. The molecule has 24 heavy (non-hydrogen) atoms. The molecule has 0 fully saturated rings. The lowest BCUT2D eigenvalue weighted by Crippen LogP contribution is -2.30. The molecule has 2 heterocycles. The van der Waals surface area contributed by atoms with Gasteiger partial charge in [0.2, 0.25) is 0 Å². The second-order valence-corrected chi connectivity index (χ2v) is 6.23. The molecule has 1 N–H and O–H groups in total. The molecule has 0 saturated carbocycles. The van der Waals surface area contributed by atoms with Crippen molar-refractivity contribution in [2.45, 2.75) is 20.0 Å². The number of imidazole rings is 1. The highest BCUT2D eigenvalue weighted by atomic mass is 35.5. The Kier molecular flexibility index (Phi) is 4.64. The van der Waals surface area contributed by atoms with Gasteiger partial charge < -0.3 is 14.5 Å². The predicted octanol–water partition coefficient (Wildman–Crippen LogP) is 4.36. The fourth-order valence-corrected chi connectivity index (χ4v) is 2.70. The fourth-order valence-electron chi connectivity index (χ4n) is 2.25. The van der Waals surface area contributed by atoms with Crippen LogP contribution in [0, 0.1) is 6.92 Å². The second-order valence-electron chi connectivity index (χ2n) is 5.39. The van der Waals surface area contributed by atoms with Crippen molar-refractivity contribution in [3.63, 3.8) is 0 Å². The highest BCUT2D eigenvalue weighted by molar-refractivity contribution is 6.35. The Morgan fingerprint density at radius 3 is 2.79 bits per heavy atom. The lowest BCUT2D eigenvalue weighted by molar-refractivity contribution is -0.122. The SMILES string of the molecule is Cc1cn2cc(NC(=O)C(C)Oc3ccc(Cl)cc3Cl)ccc2n1. The lowest BCUT2D eigenvalue weighted by Gasteiger charge is -2.16. The molecule has 5 nitrogen and oxygen atoms in total. The number of ether oxygens (including phenoxy) is 1. The molecule has 0 spiro atoms. The molecule has 3 aromatic rings. The molecule has 0 aliphatic carbocycles. The van der Waals surface area contributed by atoms with Crippen molar-refractivity contribution in [2.75, 3.05) is 5.32 Å². The summed E-state index contributed by atoms with van der Waals surface area (Å²) in [6.45, 7) is 3.57. The number of pyridine rings is 1. The van der Waals surface area contributed by atoms with Gasteiger partial charge in [0.15, 0.2) is 6.10 Å². The molecule has 1 aromatic carbocycles. The van der Waals surface area contributed by atoms with Crippen LogP contribution in [0.25, 0.3) is 5.65 Å². The Morgan fingerprint density at radius 2 is 2.04 bits per heavy atom. The number of anilines is 1. The van der Waals surface area contributed by atoms with Gasteiger partial charge in [0, 0.05) is 17.4 Å². The van der Waals surface area contributed by atoms with Crippen molar-refractivity contribution in [3.05, 3.63) is 58.5 Å². The van der Waals surface area contributed by atoms with E-state index in [-0.39, 0.29) is 5.91 Å². The van der Waals surface area contributed by atoms with Gasteiger partial charge in [-0.15, -0.1) is 0 Å². The van der Waals surface area contributed by atoms with Crippen LogP contribution in [0.5, 0.6) is 5.75 Å². The van der Waals surface area contributed by atoms with Crippen molar-refractivity contribution in [1.29, 1.82) is 0 Å². The number of nitrogens with one attached hydrogen (secondary N) is 1. The second kappa shape index (κ2) is 6.71. The number of carbonyl (C=O) groups is 1. The van der Waals surface area contributed by atoms with Crippen LogP contribution >= 0.6 is 23.2 Å². The van der Waals surface area contributed by atoms with Crippen molar-refractivity contribution in [1.82, 2.24) is 9.38 Å². The third-order valence-electron chi connectivity index (χ3n) is 3.41. The third-order valence-corrected chi connectivity index (χ3v) is 3.94. The maximum Gasteiger partial charge on any atom is 0.265 e. The largest absolute Gasteiger partial charge is 0.479 e. The summed E-state index contributed by atoms with van der Waals surface area (Å²) < 4.78 is 7.46. The predicted molar refractivity (Wildman–Crippen MR) is 95.1 cm³/mol. The van der Waals surface area contributed by atoms with Gasteiger partial charge in [-0.05, 0) is 44.2 Å². The number of aryl methyl sites for hydroxylation is 1. The van der Waals surface area contributed by atoms with Gasteiger partial charge in [-0.1, -0.05) is 23.2 Å². The van der Waals surface area contributed by atoms with E-state index in [2.05, 4.69) is 10.3 Å². The Labute approximate surface area is 149 Å². The van der Waals surface area contributed by atoms with E-state index in [0.717, 1.165) is 11.3 Å². The number of fused-ring (bicyclic) bond motifs is 1. The fraction of sp³-hybridized carbons (Fsp3) is 0.176. The molecule has 0 radical (unpaired) electrons. The van der Waals surface area contributed by atoms with E-state index in [1.165, 1.54) is 0 Å². The molecular weight excluding hydrogens is 349 g/mol. The molecule has 2 aromatic heterocycles. The molecule has 1 atom stereocenters. The van der Waals surface area contributed by atoms with Crippen molar-refractivity contribution >= 4 is 40.4 Å². The van der Waals surface area contributed by atoms with Crippen LogP contribution in [-0.4, -0.2) is 21.4 Å². The Morgan fingerprint density at radius 1 is 1.25 bits per heavy atom. The molecule has 7 heteroatoms. The first-order valence-corrected chi connectivity index (χ1v) is 8.06. The van der Waals surface area contributed by atoms with Crippen LogP contribution in [0.15, 0.2) is 42.7 Å². The normalized spacial score (nSPS) is 12.2. The summed E-state index contributed by atoms with van der Waals surface area (Å²) >= 11 is 11.9. The number of hydrogen-bond acceptors (Lipinski definition) is 3. The number of nitrogens with zero attached hydrogens (tertiary/aromatic N) is 2. The number of carbonyl (C=O) groups excluding carboxylic acids is 1. The number of aromatic nitrogens is 2. The maximum absolute atomic E-state index is 12.3. The van der Waals surface area contributed by atoms with Crippen LogP contribution in [0.2, 0.25) is 10.0 Å². The summed E-state index contributed by atoms with van der Waals surface area (Å²) in [4.78, 5) is 16.6. The van der Waals surface area contributed by atoms with Crippen molar-refractivity contribution < 1.29 is 9.53 Å². The number of halogens is 2. The number of hydrogen-bond donors (Lipinski definition) is 1. The summed E-state index contributed by atoms with van der Waals surface area (Å²) in [6, 6.07) is 8.49. The van der Waals surface area contributed by atoms with E-state index in [1.54, 1.807) is 37.4 Å². The van der Waals surface area contributed by atoms with Gasteiger partial charge in [-0.2, -0.15) is 0 Å². The first-order valence-electron chi connectivity index (χ1n) is 7.30. The van der Waals surface area contributed by atoms with Crippen molar-refractivity contribution in [3.8, 4) is 5.75 Å². The summed E-state index contributed by atoms with van der Waals surface area (Å²) in [5, 5.41) is 3.68. The van der Waals surface area contributed by atoms with E-state index in [4.69, 9.17) is 27.9 Å². The summed E-state index contributed by atoms with van der Waals surface area (Å²) in [5.41, 5.74) is 2.39. The minimum absolute atomic E-state index is 0.280. The van der Waals surface area contributed by atoms with Crippen LogP contribution in [0.3, 0.4) is 0 Å². The number of amides is 1. The topological polar surface area (TPSA) is 55.6 Å². The zero-order chi connectivity index (χ0) is 17.3. The monoisotopic (exact) mass is 363 g/mol. The van der Waals surface area contributed by atoms with E-state index < -0.39 is 6.10 Å². The third kappa shape index (κ3) is 3.63. The van der Waals surface area contributed by atoms with Gasteiger partial charge in [-0.25, -0.2) is 4.98 Å². The van der Waals surface area contributed by atoms with Crippen LogP contribution in [0.1, 0.15) is 12.6 Å². The van der Waals surface area contributed by atoms with Gasteiger partial charge in [0.25, 0.3) is 5.91 Å². The molecule has 1 amide bonds. The molecule has 0 aliphatic rings. The van der Waals surface area contributed by atoms with Crippen molar-refractivity contribution in [2.24, 2.45) is 0 Å². The Bertz CT molecular complexity index is 908. The highest BCUT2D eigenvalue weighted by Crippen LogP contribution is 2.28. The lowest BCUT2D eigenvalue weighted by atomic mass is 10.3. The van der Waals surface area contributed by atoms with Gasteiger partial charge in [0.05, 0.1) is 16.4 Å². The van der Waals surface area contributed by atoms with Gasteiger partial charge in [-0.3, -0.25) is 4.79 Å². The van der Waals surface area contributed by atoms with Gasteiger partial charge >= 0.3 is 0 Å². The summed E-state index contributed by atoms with van der Waals surface area (Å²) in [5.74, 6) is 0.126. The first kappa shape index (κ1) is 16.6. The average molecular weight is 364 g/mol. The number of benzene rings is 1. The van der Waals surface area contributed by atoms with E-state index >= 15 is 0 Å². The summed E-state index contributed by atoms with van der Waals surface area (Å²) in [7, 11) is 0. The molecule has 3 rings (SSSR count). The van der Waals surface area contributed by atoms with Crippen LogP contribution in [-0.2, 0) is 4.79 Å².